The molecular formula is C20H25BrN2O2. The predicted molar refractivity (Wildman–Crippen MR) is 99.6 cm³/mol. The van der Waals surface area contributed by atoms with Crippen molar-refractivity contribution in [2.75, 3.05) is 0 Å². The van der Waals surface area contributed by atoms with Gasteiger partial charge in [-0.2, -0.15) is 0 Å². The van der Waals surface area contributed by atoms with Gasteiger partial charge in [-0.3, -0.25) is 9.59 Å². The minimum atomic E-state index is -0.637. The standard InChI is InChI=1S/C20H25BrN2O2/c21-16-3-1-12(2-4-16)8-17(18(22)24)23-19(25)20-9-13-5-14(10-20)7-15(6-13)11-20/h1-4,13-15,17H,5-11H2,(H2,22,24)(H,23,25)/t13?,14?,15?,17-,20?/m0/s1. The number of carbonyl (C=O) groups excluding carboxylic acids is 2. The normalized spacial score (nSPS) is 33.9. The molecule has 5 rings (SSSR count). The van der Waals surface area contributed by atoms with Crippen molar-refractivity contribution in [2.45, 2.75) is 51.0 Å². The van der Waals surface area contributed by atoms with Crippen LogP contribution in [-0.2, 0) is 16.0 Å². The second-order valence-electron chi connectivity index (χ2n) is 8.46. The largest absolute Gasteiger partial charge is 0.368 e. The highest BCUT2D eigenvalue weighted by molar-refractivity contribution is 9.10. The van der Waals surface area contributed by atoms with Gasteiger partial charge in [-0.15, -0.1) is 0 Å². The molecule has 3 N–H and O–H groups in total. The molecule has 0 radical (unpaired) electrons. The summed E-state index contributed by atoms with van der Waals surface area (Å²) in [5.74, 6) is 1.72. The van der Waals surface area contributed by atoms with E-state index in [0.29, 0.717) is 24.2 Å². The van der Waals surface area contributed by atoms with Crippen molar-refractivity contribution < 1.29 is 9.59 Å². The van der Waals surface area contributed by atoms with Crippen molar-refractivity contribution in [1.82, 2.24) is 5.32 Å². The maximum absolute atomic E-state index is 13.1. The summed E-state index contributed by atoms with van der Waals surface area (Å²) in [6.45, 7) is 0. The molecule has 1 atom stereocenters. The molecule has 4 aliphatic rings. The summed E-state index contributed by atoms with van der Waals surface area (Å²) in [6, 6.07) is 7.15. The fraction of sp³-hybridized carbons (Fsp3) is 0.600. The van der Waals surface area contributed by atoms with E-state index in [9.17, 15) is 9.59 Å². The van der Waals surface area contributed by atoms with Crippen LogP contribution < -0.4 is 11.1 Å². The molecule has 1 aromatic rings. The van der Waals surface area contributed by atoms with Crippen LogP contribution in [0.15, 0.2) is 28.7 Å². The van der Waals surface area contributed by atoms with Gasteiger partial charge >= 0.3 is 0 Å². The fourth-order valence-electron chi connectivity index (χ4n) is 5.78. The fourth-order valence-corrected chi connectivity index (χ4v) is 6.04. The second-order valence-corrected chi connectivity index (χ2v) is 9.37. The zero-order chi connectivity index (χ0) is 17.6. The highest BCUT2D eigenvalue weighted by atomic mass is 79.9. The van der Waals surface area contributed by atoms with Gasteiger partial charge in [-0.25, -0.2) is 0 Å². The van der Waals surface area contributed by atoms with Crippen LogP contribution in [0.2, 0.25) is 0 Å². The molecule has 5 heteroatoms. The zero-order valence-corrected chi connectivity index (χ0v) is 15.9. The van der Waals surface area contributed by atoms with Crippen molar-refractivity contribution in [3.8, 4) is 0 Å². The van der Waals surface area contributed by atoms with Crippen LogP contribution in [0.3, 0.4) is 0 Å². The number of carbonyl (C=O) groups is 2. The third-order valence-corrected chi connectivity index (χ3v) is 7.05. The molecule has 0 aliphatic heterocycles. The first-order valence-corrected chi connectivity index (χ1v) is 10.1. The van der Waals surface area contributed by atoms with E-state index < -0.39 is 11.9 Å². The average Bonchev–Trinajstić information content (AvgIpc) is 2.54. The lowest BCUT2D eigenvalue weighted by atomic mass is 9.49. The van der Waals surface area contributed by atoms with E-state index in [0.717, 1.165) is 29.3 Å². The van der Waals surface area contributed by atoms with Crippen LogP contribution in [0.1, 0.15) is 44.1 Å². The molecule has 4 fully saturated rings. The first-order chi connectivity index (χ1) is 11.9. The van der Waals surface area contributed by atoms with E-state index in [1.54, 1.807) is 0 Å². The number of primary amides is 1. The number of benzene rings is 1. The Morgan fingerprint density at radius 3 is 2.08 bits per heavy atom. The number of nitrogens with two attached hydrogens (primary N) is 1. The summed E-state index contributed by atoms with van der Waals surface area (Å²) >= 11 is 3.41. The van der Waals surface area contributed by atoms with Gasteiger partial charge in [0.05, 0.1) is 0 Å². The topological polar surface area (TPSA) is 72.2 Å². The summed E-state index contributed by atoms with van der Waals surface area (Å²) in [7, 11) is 0. The van der Waals surface area contributed by atoms with Gasteiger partial charge in [0.2, 0.25) is 11.8 Å². The van der Waals surface area contributed by atoms with Gasteiger partial charge < -0.3 is 11.1 Å². The lowest BCUT2D eigenvalue weighted by Gasteiger charge is -2.55. The zero-order valence-electron chi connectivity index (χ0n) is 14.3. The van der Waals surface area contributed by atoms with Crippen LogP contribution in [0.4, 0.5) is 0 Å². The monoisotopic (exact) mass is 404 g/mol. The SMILES string of the molecule is NC(=O)[C@H](Cc1ccc(Br)cc1)NC(=O)C12CC3CC(CC(C3)C1)C2. The average molecular weight is 405 g/mol. The predicted octanol–water partition coefficient (Wildman–Crippen LogP) is 3.18. The van der Waals surface area contributed by atoms with Crippen molar-refractivity contribution in [3.05, 3.63) is 34.3 Å². The number of halogens is 1. The Bertz CT molecular complexity index is 650. The molecule has 0 unspecified atom stereocenters. The number of nitrogens with one attached hydrogen (secondary N) is 1. The molecule has 25 heavy (non-hydrogen) atoms. The van der Waals surface area contributed by atoms with E-state index in [1.165, 1.54) is 19.3 Å². The van der Waals surface area contributed by atoms with Gasteiger partial charge in [-0.1, -0.05) is 28.1 Å². The molecule has 0 heterocycles. The molecule has 0 spiro atoms. The van der Waals surface area contributed by atoms with Crippen LogP contribution in [-0.4, -0.2) is 17.9 Å². The summed E-state index contributed by atoms with van der Waals surface area (Å²) in [5.41, 5.74) is 6.34. The van der Waals surface area contributed by atoms with E-state index >= 15 is 0 Å². The Morgan fingerprint density at radius 1 is 1.08 bits per heavy atom. The maximum Gasteiger partial charge on any atom is 0.240 e. The number of hydrogen-bond acceptors (Lipinski definition) is 2. The first-order valence-electron chi connectivity index (χ1n) is 9.28. The molecule has 0 saturated heterocycles. The molecular weight excluding hydrogens is 380 g/mol. The number of amides is 2. The van der Waals surface area contributed by atoms with Crippen LogP contribution in [0, 0.1) is 23.2 Å². The van der Waals surface area contributed by atoms with Crippen molar-refractivity contribution in [1.29, 1.82) is 0 Å². The molecule has 1 aromatic carbocycles. The van der Waals surface area contributed by atoms with Crippen molar-refractivity contribution >= 4 is 27.7 Å². The molecule has 4 bridgehead atoms. The highest BCUT2D eigenvalue weighted by Gasteiger charge is 2.54. The molecule has 134 valence electrons. The molecule has 4 aliphatic carbocycles. The Labute approximate surface area is 157 Å². The highest BCUT2D eigenvalue weighted by Crippen LogP contribution is 2.60. The number of hydrogen-bond donors (Lipinski definition) is 2. The number of rotatable bonds is 5. The Morgan fingerprint density at radius 2 is 1.60 bits per heavy atom. The van der Waals surface area contributed by atoms with E-state index in [1.807, 2.05) is 24.3 Å². The molecule has 4 saturated carbocycles. The lowest BCUT2D eigenvalue weighted by molar-refractivity contribution is -0.148. The third-order valence-electron chi connectivity index (χ3n) is 6.52. The van der Waals surface area contributed by atoms with Crippen LogP contribution in [0.5, 0.6) is 0 Å². The third kappa shape index (κ3) is 3.35. The van der Waals surface area contributed by atoms with Gasteiger partial charge in [0.15, 0.2) is 0 Å². The van der Waals surface area contributed by atoms with E-state index in [-0.39, 0.29) is 11.3 Å². The minimum Gasteiger partial charge on any atom is -0.368 e. The summed E-state index contributed by atoms with van der Waals surface area (Å²) in [4.78, 5) is 25.1. The summed E-state index contributed by atoms with van der Waals surface area (Å²) in [6.07, 6.45) is 7.32. The molecule has 2 amide bonds. The minimum absolute atomic E-state index is 0.0625. The van der Waals surface area contributed by atoms with Gasteiger partial charge in [0.1, 0.15) is 6.04 Å². The van der Waals surface area contributed by atoms with Crippen LogP contribution >= 0.6 is 15.9 Å². The lowest BCUT2D eigenvalue weighted by Crippen LogP contribution is -2.57. The smallest absolute Gasteiger partial charge is 0.240 e. The first kappa shape index (κ1) is 17.1. The van der Waals surface area contributed by atoms with E-state index in [4.69, 9.17) is 5.73 Å². The Kier molecular flexibility index (Phi) is 4.38. The molecule has 4 nitrogen and oxygen atoms in total. The van der Waals surface area contributed by atoms with E-state index in [2.05, 4.69) is 21.2 Å². The van der Waals surface area contributed by atoms with Crippen molar-refractivity contribution in [2.24, 2.45) is 28.9 Å². The van der Waals surface area contributed by atoms with Gasteiger partial charge in [0.25, 0.3) is 0 Å². The Hall–Kier alpha value is -1.36. The van der Waals surface area contributed by atoms with Gasteiger partial charge in [-0.05, 0) is 74.0 Å². The summed E-state index contributed by atoms with van der Waals surface area (Å²) in [5, 5.41) is 3.01. The summed E-state index contributed by atoms with van der Waals surface area (Å²) < 4.78 is 0.990. The van der Waals surface area contributed by atoms with Crippen molar-refractivity contribution in [3.63, 3.8) is 0 Å². The second kappa shape index (κ2) is 6.42. The van der Waals surface area contributed by atoms with Gasteiger partial charge in [0, 0.05) is 16.3 Å². The Balaban J connectivity index is 1.47. The maximum atomic E-state index is 13.1. The quantitative estimate of drug-likeness (QED) is 0.790. The molecule has 0 aromatic heterocycles. The van der Waals surface area contributed by atoms with Crippen LogP contribution in [0.25, 0.3) is 0 Å².